The minimum absolute atomic E-state index is 0.0185. The first-order valence-electron chi connectivity index (χ1n) is 7.22. The van der Waals surface area contributed by atoms with Gasteiger partial charge in [0.25, 0.3) is 5.91 Å². The molecule has 1 saturated carbocycles. The topological polar surface area (TPSA) is 65.1 Å². The van der Waals surface area contributed by atoms with Gasteiger partial charge < -0.3 is 15.4 Å². The number of H-pyrrole nitrogens is 1. The highest BCUT2D eigenvalue weighted by Crippen LogP contribution is 2.37. The summed E-state index contributed by atoms with van der Waals surface area (Å²) in [6, 6.07) is 7.34. The van der Waals surface area contributed by atoms with Gasteiger partial charge in [-0.05, 0) is 31.0 Å². The summed E-state index contributed by atoms with van der Waals surface area (Å²) in [6.07, 6.45) is 2.88. The normalized spacial score (nSPS) is 25.4. The smallest absolute Gasteiger partial charge is 0.267 e. The van der Waals surface area contributed by atoms with Crippen molar-refractivity contribution in [3.8, 4) is 0 Å². The van der Waals surface area contributed by atoms with Crippen LogP contribution in [0.3, 0.4) is 0 Å². The molecule has 0 radical (unpaired) electrons. The number of carbonyl (C=O) groups is 1. The molecule has 1 aliphatic rings. The maximum absolute atomic E-state index is 12.4. The predicted octanol–water partition coefficient (Wildman–Crippen LogP) is 3.10. The lowest BCUT2D eigenvalue weighted by Gasteiger charge is -2.29. The van der Waals surface area contributed by atoms with Crippen molar-refractivity contribution < 1.29 is 9.90 Å². The van der Waals surface area contributed by atoms with E-state index in [1.807, 2.05) is 19.1 Å². The Kier molecular flexibility index (Phi) is 3.68. The van der Waals surface area contributed by atoms with E-state index in [4.69, 9.17) is 11.6 Å². The van der Waals surface area contributed by atoms with E-state index in [1.54, 1.807) is 12.1 Å². The first kappa shape index (κ1) is 14.4. The van der Waals surface area contributed by atoms with Crippen LogP contribution in [0.5, 0.6) is 0 Å². The van der Waals surface area contributed by atoms with E-state index in [1.165, 1.54) is 0 Å². The van der Waals surface area contributed by atoms with Gasteiger partial charge in [-0.1, -0.05) is 31.0 Å². The lowest BCUT2D eigenvalue weighted by atomic mass is 9.86. The van der Waals surface area contributed by atoms with Crippen LogP contribution in [0.25, 0.3) is 10.9 Å². The molecule has 1 amide bonds. The van der Waals surface area contributed by atoms with Crippen molar-refractivity contribution in [1.82, 2.24) is 10.3 Å². The number of hydrogen-bond acceptors (Lipinski definition) is 2. The third kappa shape index (κ3) is 2.65. The quantitative estimate of drug-likeness (QED) is 0.816. The highest BCUT2D eigenvalue weighted by Gasteiger charge is 2.39. The molecule has 21 heavy (non-hydrogen) atoms. The Morgan fingerprint density at radius 3 is 3.10 bits per heavy atom. The Bertz CT molecular complexity index is 682. The fourth-order valence-electron chi connectivity index (χ4n) is 3.13. The van der Waals surface area contributed by atoms with Crippen molar-refractivity contribution in [2.45, 2.75) is 32.2 Å². The molecule has 2 aromatic rings. The van der Waals surface area contributed by atoms with Crippen LogP contribution in [0.4, 0.5) is 0 Å². The summed E-state index contributed by atoms with van der Waals surface area (Å²) in [5.74, 6) is -0.131. The molecule has 0 aliphatic heterocycles. The predicted molar refractivity (Wildman–Crippen MR) is 83.6 cm³/mol. The second-order valence-electron chi connectivity index (χ2n) is 6.15. The van der Waals surface area contributed by atoms with Gasteiger partial charge in [-0.3, -0.25) is 4.79 Å². The average Bonchev–Trinajstić information content (AvgIpc) is 3.03. The number of aromatic nitrogens is 1. The number of hydrogen-bond donors (Lipinski definition) is 3. The Hall–Kier alpha value is -1.52. The molecule has 4 nitrogen and oxygen atoms in total. The Labute approximate surface area is 128 Å². The summed E-state index contributed by atoms with van der Waals surface area (Å²) in [5.41, 5.74) is 1.16. The van der Waals surface area contributed by atoms with E-state index in [0.29, 0.717) is 10.7 Å². The molecule has 2 unspecified atom stereocenters. The number of benzene rings is 1. The van der Waals surface area contributed by atoms with Gasteiger partial charge in [0, 0.05) is 27.4 Å². The lowest BCUT2D eigenvalue weighted by Crippen LogP contribution is -2.44. The molecule has 1 aliphatic carbocycles. The van der Waals surface area contributed by atoms with E-state index >= 15 is 0 Å². The van der Waals surface area contributed by atoms with E-state index in [-0.39, 0.29) is 24.0 Å². The van der Waals surface area contributed by atoms with Gasteiger partial charge in [-0.25, -0.2) is 0 Å². The SMILES string of the molecule is CC1(CO)CCCC1NC(=O)c1cc2ccc(Cl)cc2[nH]1. The maximum Gasteiger partial charge on any atom is 0.267 e. The molecule has 3 N–H and O–H groups in total. The number of halogens is 1. The van der Waals surface area contributed by atoms with E-state index < -0.39 is 0 Å². The fraction of sp³-hybridized carbons (Fsp3) is 0.438. The Morgan fingerprint density at radius 2 is 2.33 bits per heavy atom. The molecule has 3 rings (SSSR count). The highest BCUT2D eigenvalue weighted by atomic mass is 35.5. The third-order valence-electron chi connectivity index (χ3n) is 4.58. The van der Waals surface area contributed by atoms with Crippen LogP contribution in [0, 0.1) is 5.41 Å². The summed E-state index contributed by atoms with van der Waals surface area (Å²) in [6.45, 7) is 2.12. The number of amides is 1. The van der Waals surface area contributed by atoms with Gasteiger partial charge in [0.1, 0.15) is 5.69 Å². The zero-order chi connectivity index (χ0) is 15.0. The summed E-state index contributed by atoms with van der Waals surface area (Å²) < 4.78 is 0. The van der Waals surface area contributed by atoms with E-state index in [2.05, 4.69) is 10.3 Å². The third-order valence-corrected chi connectivity index (χ3v) is 4.81. The van der Waals surface area contributed by atoms with Crippen molar-refractivity contribution in [1.29, 1.82) is 0 Å². The van der Waals surface area contributed by atoms with Crippen LogP contribution >= 0.6 is 11.6 Å². The molecular formula is C16H19ClN2O2. The average molecular weight is 307 g/mol. The number of fused-ring (bicyclic) bond motifs is 1. The van der Waals surface area contributed by atoms with Crippen molar-refractivity contribution in [2.24, 2.45) is 5.41 Å². The zero-order valence-electron chi connectivity index (χ0n) is 11.9. The van der Waals surface area contributed by atoms with E-state index in [9.17, 15) is 9.90 Å². The second kappa shape index (κ2) is 5.35. The fourth-order valence-corrected chi connectivity index (χ4v) is 3.30. The Balaban J connectivity index is 1.81. The summed E-state index contributed by atoms with van der Waals surface area (Å²) in [7, 11) is 0. The van der Waals surface area contributed by atoms with Gasteiger partial charge in [-0.2, -0.15) is 0 Å². The monoisotopic (exact) mass is 306 g/mol. The number of aliphatic hydroxyl groups excluding tert-OH is 1. The number of aliphatic hydroxyl groups is 1. The van der Waals surface area contributed by atoms with E-state index in [0.717, 1.165) is 30.2 Å². The molecule has 0 spiro atoms. The maximum atomic E-state index is 12.4. The molecule has 2 atom stereocenters. The number of nitrogens with one attached hydrogen (secondary N) is 2. The van der Waals surface area contributed by atoms with Crippen LogP contribution < -0.4 is 5.32 Å². The molecule has 1 aromatic carbocycles. The van der Waals surface area contributed by atoms with Crippen LogP contribution in [0.1, 0.15) is 36.7 Å². The second-order valence-corrected chi connectivity index (χ2v) is 6.58. The van der Waals surface area contributed by atoms with Crippen molar-refractivity contribution in [3.63, 3.8) is 0 Å². The molecule has 1 heterocycles. The molecule has 112 valence electrons. The molecular weight excluding hydrogens is 288 g/mol. The molecule has 1 fully saturated rings. The highest BCUT2D eigenvalue weighted by molar-refractivity contribution is 6.31. The molecule has 5 heteroatoms. The van der Waals surface area contributed by atoms with Gasteiger partial charge in [0.15, 0.2) is 0 Å². The first-order valence-corrected chi connectivity index (χ1v) is 7.60. The number of aromatic amines is 1. The lowest BCUT2D eigenvalue weighted by molar-refractivity contribution is 0.0827. The standard InChI is InChI=1S/C16H19ClN2O2/c1-16(9-20)6-2-3-14(16)19-15(21)13-7-10-4-5-11(17)8-12(10)18-13/h4-5,7-8,14,18,20H,2-3,6,9H2,1H3,(H,19,21). The van der Waals surface area contributed by atoms with Crippen molar-refractivity contribution in [3.05, 3.63) is 35.0 Å². The van der Waals surface area contributed by atoms with Gasteiger partial charge in [0.05, 0.1) is 6.61 Å². The number of carbonyl (C=O) groups excluding carboxylic acids is 1. The summed E-state index contributed by atoms with van der Waals surface area (Å²) in [5, 5.41) is 14.2. The molecule has 1 aromatic heterocycles. The van der Waals surface area contributed by atoms with Gasteiger partial charge >= 0.3 is 0 Å². The number of rotatable bonds is 3. The van der Waals surface area contributed by atoms with Crippen molar-refractivity contribution >= 4 is 28.4 Å². The first-order chi connectivity index (χ1) is 10.0. The van der Waals surface area contributed by atoms with Crippen molar-refractivity contribution in [2.75, 3.05) is 6.61 Å². The van der Waals surface area contributed by atoms with Crippen LogP contribution in [-0.4, -0.2) is 28.6 Å². The van der Waals surface area contributed by atoms with Crippen LogP contribution in [-0.2, 0) is 0 Å². The van der Waals surface area contributed by atoms with Gasteiger partial charge in [-0.15, -0.1) is 0 Å². The molecule has 0 bridgehead atoms. The molecule has 0 saturated heterocycles. The van der Waals surface area contributed by atoms with Crippen LogP contribution in [0.2, 0.25) is 5.02 Å². The minimum Gasteiger partial charge on any atom is -0.396 e. The summed E-state index contributed by atoms with van der Waals surface area (Å²) in [4.78, 5) is 15.5. The van der Waals surface area contributed by atoms with Gasteiger partial charge in [0.2, 0.25) is 0 Å². The zero-order valence-corrected chi connectivity index (χ0v) is 12.7. The largest absolute Gasteiger partial charge is 0.396 e. The Morgan fingerprint density at radius 1 is 1.52 bits per heavy atom. The minimum atomic E-state index is -0.217. The summed E-state index contributed by atoms with van der Waals surface area (Å²) >= 11 is 5.95. The van der Waals surface area contributed by atoms with Crippen LogP contribution in [0.15, 0.2) is 24.3 Å².